The van der Waals surface area contributed by atoms with Gasteiger partial charge >= 0.3 is 0 Å². The second kappa shape index (κ2) is 8.33. The number of amides is 2. The van der Waals surface area contributed by atoms with E-state index in [1.807, 2.05) is 38.1 Å². The van der Waals surface area contributed by atoms with Crippen LogP contribution in [-0.2, 0) is 14.3 Å². The van der Waals surface area contributed by atoms with Crippen LogP contribution >= 0.6 is 11.8 Å². The second-order valence-corrected chi connectivity index (χ2v) is 6.91. The molecule has 2 rings (SSSR count). The van der Waals surface area contributed by atoms with Crippen LogP contribution in [0.3, 0.4) is 0 Å². The molecule has 0 aliphatic carbocycles. The highest BCUT2D eigenvalue weighted by atomic mass is 32.2. The van der Waals surface area contributed by atoms with Gasteiger partial charge in [0.25, 0.3) is 5.91 Å². The zero-order valence-corrected chi connectivity index (χ0v) is 14.3. The van der Waals surface area contributed by atoms with Crippen molar-refractivity contribution < 1.29 is 19.2 Å². The molecule has 4 N–H and O–H groups in total. The van der Waals surface area contributed by atoms with Crippen LogP contribution in [0, 0.1) is 0 Å². The van der Waals surface area contributed by atoms with Crippen molar-refractivity contribution in [2.24, 2.45) is 5.73 Å². The minimum atomic E-state index is -0.378. The van der Waals surface area contributed by atoms with Crippen LogP contribution in [-0.4, -0.2) is 49.4 Å². The van der Waals surface area contributed by atoms with E-state index in [2.05, 4.69) is 5.32 Å². The summed E-state index contributed by atoms with van der Waals surface area (Å²) < 4.78 is 5.69. The summed E-state index contributed by atoms with van der Waals surface area (Å²) in [6.07, 6.45) is 0.333. The zero-order valence-electron chi connectivity index (χ0n) is 13.5. The first kappa shape index (κ1) is 17.8. The third kappa shape index (κ3) is 5.85. The highest BCUT2D eigenvalue weighted by molar-refractivity contribution is 8.00. The Labute approximate surface area is 140 Å². The minimum absolute atomic E-state index is 0.0339. The lowest BCUT2D eigenvalue weighted by atomic mass is 10.2. The predicted molar refractivity (Wildman–Crippen MR) is 90.6 cm³/mol. The van der Waals surface area contributed by atoms with Crippen molar-refractivity contribution in [2.75, 3.05) is 30.7 Å². The maximum atomic E-state index is 12.3. The number of carbonyl (C=O) groups excluding carboxylic acids is 2. The SMILES string of the molecule is C[C@@H]1C[NH+](CC(=O)Nc2ccccc2SCC(N)=O)C[C@@H](C)O1. The molecule has 0 saturated carbocycles. The van der Waals surface area contributed by atoms with Crippen molar-refractivity contribution in [3.63, 3.8) is 0 Å². The monoisotopic (exact) mass is 338 g/mol. The van der Waals surface area contributed by atoms with Gasteiger partial charge in [-0.3, -0.25) is 9.59 Å². The number of nitrogens with two attached hydrogens (primary N) is 1. The van der Waals surface area contributed by atoms with Crippen molar-refractivity contribution in [3.8, 4) is 0 Å². The quantitative estimate of drug-likeness (QED) is 0.632. The Balaban J connectivity index is 1.93. The Morgan fingerprint density at radius 1 is 1.30 bits per heavy atom. The standard InChI is InChI=1S/C16H23N3O3S/c1-11-7-19(8-12(2)22-11)9-16(21)18-13-5-3-4-6-14(13)23-10-15(17)20/h3-6,11-12H,7-10H2,1-2H3,(H2,17,20)(H,18,21)/p+1/t11-,12-/m1/s1. The van der Waals surface area contributed by atoms with Crippen molar-refractivity contribution in [2.45, 2.75) is 31.0 Å². The van der Waals surface area contributed by atoms with Gasteiger partial charge in [-0.2, -0.15) is 0 Å². The summed E-state index contributed by atoms with van der Waals surface area (Å²) in [4.78, 5) is 25.3. The molecule has 0 spiro atoms. The number of rotatable bonds is 6. The van der Waals surface area contributed by atoms with Gasteiger partial charge in [0, 0.05) is 4.90 Å². The van der Waals surface area contributed by atoms with E-state index in [1.54, 1.807) is 0 Å². The molecule has 1 aromatic carbocycles. The fourth-order valence-electron chi connectivity index (χ4n) is 2.80. The third-order valence-electron chi connectivity index (χ3n) is 3.56. The molecular formula is C16H24N3O3S+. The van der Waals surface area contributed by atoms with Crippen LogP contribution in [0.15, 0.2) is 29.2 Å². The molecule has 2 amide bonds. The molecular weight excluding hydrogens is 314 g/mol. The van der Waals surface area contributed by atoms with Crippen LogP contribution in [0.2, 0.25) is 0 Å². The van der Waals surface area contributed by atoms with Gasteiger partial charge < -0.3 is 20.7 Å². The average Bonchev–Trinajstić information content (AvgIpc) is 2.45. The number of primary amides is 1. The highest BCUT2D eigenvalue weighted by Crippen LogP contribution is 2.26. The maximum Gasteiger partial charge on any atom is 0.279 e. The Hall–Kier alpha value is -1.57. The summed E-state index contributed by atoms with van der Waals surface area (Å²) in [5, 5.41) is 2.94. The molecule has 1 saturated heterocycles. The molecule has 1 aromatic rings. The van der Waals surface area contributed by atoms with E-state index in [0.29, 0.717) is 6.54 Å². The first-order chi connectivity index (χ1) is 10.9. The second-order valence-electron chi connectivity index (χ2n) is 5.89. The summed E-state index contributed by atoms with van der Waals surface area (Å²) in [6.45, 7) is 6.13. The van der Waals surface area contributed by atoms with E-state index in [0.717, 1.165) is 23.7 Å². The number of carbonyl (C=O) groups is 2. The van der Waals surface area contributed by atoms with E-state index in [-0.39, 0.29) is 29.8 Å². The van der Waals surface area contributed by atoms with Crippen molar-refractivity contribution >= 4 is 29.3 Å². The van der Waals surface area contributed by atoms with E-state index >= 15 is 0 Å². The summed E-state index contributed by atoms with van der Waals surface area (Å²) in [6, 6.07) is 7.43. The normalized spacial score (nSPS) is 24.2. The lowest BCUT2D eigenvalue weighted by molar-refractivity contribution is -0.907. The van der Waals surface area contributed by atoms with E-state index in [1.165, 1.54) is 16.7 Å². The van der Waals surface area contributed by atoms with Gasteiger partial charge in [-0.05, 0) is 26.0 Å². The van der Waals surface area contributed by atoms with Gasteiger partial charge in [-0.1, -0.05) is 12.1 Å². The predicted octanol–water partition coefficient (Wildman–Crippen LogP) is -0.105. The fraction of sp³-hybridized carbons (Fsp3) is 0.500. The van der Waals surface area contributed by atoms with Crippen LogP contribution in [0.1, 0.15) is 13.8 Å². The smallest absolute Gasteiger partial charge is 0.279 e. The van der Waals surface area contributed by atoms with Crippen molar-refractivity contribution in [3.05, 3.63) is 24.3 Å². The number of benzene rings is 1. The molecule has 1 fully saturated rings. The van der Waals surface area contributed by atoms with Crippen LogP contribution < -0.4 is 16.0 Å². The fourth-order valence-corrected chi connectivity index (χ4v) is 3.55. The molecule has 1 aliphatic heterocycles. The number of ether oxygens (including phenoxy) is 1. The lowest BCUT2D eigenvalue weighted by Crippen LogP contribution is -3.16. The molecule has 1 aliphatic rings. The summed E-state index contributed by atoms with van der Waals surface area (Å²) in [7, 11) is 0. The molecule has 0 radical (unpaired) electrons. The number of hydrogen-bond acceptors (Lipinski definition) is 4. The third-order valence-corrected chi connectivity index (χ3v) is 4.65. The number of anilines is 1. The Morgan fingerprint density at radius 2 is 1.96 bits per heavy atom. The van der Waals surface area contributed by atoms with E-state index in [4.69, 9.17) is 10.5 Å². The Kier molecular flexibility index (Phi) is 6.44. The summed E-state index contributed by atoms with van der Waals surface area (Å²) in [5.41, 5.74) is 5.90. The maximum absolute atomic E-state index is 12.3. The van der Waals surface area contributed by atoms with Crippen LogP contribution in [0.5, 0.6) is 0 Å². The van der Waals surface area contributed by atoms with E-state index < -0.39 is 0 Å². The molecule has 126 valence electrons. The molecule has 0 aromatic heterocycles. The van der Waals surface area contributed by atoms with Crippen molar-refractivity contribution in [1.82, 2.24) is 0 Å². The van der Waals surface area contributed by atoms with Crippen LogP contribution in [0.25, 0.3) is 0 Å². The molecule has 7 heteroatoms. The number of hydrogen-bond donors (Lipinski definition) is 3. The molecule has 0 unspecified atom stereocenters. The van der Waals surface area contributed by atoms with Gasteiger partial charge in [0.1, 0.15) is 25.3 Å². The Bertz CT molecular complexity index is 557. The minimum Gasteiger partial charge on any atom is -0.369 e. The number of nitrogens with one attached hydrogen (secondary N) is 2. The summed E-state index contributed by atoms with van der Waals surface area (Å²) in [5.74, 6) is -0.221. The number of para-hydroxylation sites is 1. The van der Waals surface area contributed by atoms with Crippen molar-refractivity contribution in [1.29, 1.82) is 0 Å². The highest BCUT2D eigenvalue weighted by Gasteiger charge is 2.27. The number of quaternary nitrogens is 1. The zero-order chi connectivity index (χ0) is 16.8. The number of thioether (sulfide) groups is 1. The van der Waals surface area contributed by atoms with Gasteiger partial charge in [-0.25, -0.2) is 0 Å². The van der Waals surface area contributed by atoms with Gasteiger partial charge in [0.2, 0.25) is 5.91 Å². The average molecular weight is 338 g/mol. The van der Waals surface area contributed by atoms with Crippen LogP contribution in [0.4, 0.5) is 5.69 Å². The first-order valence-electron chi connectivity index (χ1n) is 7.73. The van der Waals surface area contributed by atoms with Gasteiger partial charge in [-0.15, -0.1) is 11.8 Å². The molecule has 6 nitrogen and oxygen atoms in total. The largest absolute Gasteiger partial charge is 0.369 e. The number of morpholine rings is 1. The molecule has 0 bridgehead atoms. The lowest BCUT2D eigenvalue weighted by Gasteiger charge is -2.31. The molecule has 1 heterocycles. The van der Waals surface area contributed by atoms with Gasteiger partial charge in [0.05, 0.1) is 11.4 Å². The molecule has 2 atom stereocenters. The Morgan fingerprint density at radius 3 is 2.61 bits per heavy atom. The summed E-state index contributed by atoms with van der Waals surface area (Å²) >= 11 is 1.33. The van der Waals surface area contributed by atoms with Gasteiger partial charge in [0.15, 0.2) is 6.54 Å². The topological polar surface area (TPSA) is 85.9 Å². The molecule has 23 heavy (non-hydrogen) atoms. The first-order valence-corrected chi connectivity index (χ1v) is 8.71. The van der Waals surface area contributed by atoms with E-state index in [9.17, 15) is 9.59 Å².